The fourth-order valence-electron chi connectivity index (χ4n) is 3.45. The molecule has 0 radical (unpaired) electrons. The van der Waals surface area contributed by atoms with Crippen molar-refractivity contribution in [2.24, 2.45) is 4.99 Å². The number of hydrogen-bond donors (Lipinski definition) is 2. The summed E-state index contributed by atoms with van der Waals surface area (Å²) in [5.74, 6) is -0.397. The number of hydrogen-bond acceptors (Lipinski definition) is 6. The quantitative estimate of drug-likeness (QED) is 0.544. The van der Waals surface area contributed by atoms with Crippen LogP contribution in [0.25, 0.3) is 5.57 Å². The Morgan fingerprint density at radius 2 is 2.03 bits per heavy atom. The molecule has 2 aromatic carbocycles. The van der Waals surface area contributed by atoms with Crippen LogP contribution < -0.4 is 20.7 Å². The molecule has 32 heavy (non-hydrogen) atoms. The number of fused-ring (bicyclic) bond motifs is 1. The first kappa shape index (κ1) is 21.9. The smallest absolute Gasteiger partial charge is 0.279 e. The van der Waals surface area contributed by atoms with Crippen LogP contribution in [0.4, 0.5) is 0 Å². The largest absolute Gasteiger partial charge is 0.492 e. The Hall–Kier alpha value is -3.30. The summed E-state index contributed by atoms with van der Waals surface area (Å²) >= 11 is 6.34. The Balaban J connectivity index is 1.58. The number of thiazole rings is 1. The normalized spacial score (nSPS) is 12.6. The maximum absolute atomic E-state index is 12.5. The molecular weight excluding hydrogens is 446 g/mol. The summed E-state index contributed by atoms with van der Waals surface area (Å²) in [6, 6.07) is 12.9. The molecule has 4 rings (SSSR count). The van der Waals surface area contributed by atoms with Crippen molar-refractivity contribution >= 4 is 40.9 Å². The average Bonchev–Trinajstić information content (AvgIpc) is 3.22. The molecule has 7 nitrogen and oxygen atoms in total. The highest BCUT2D eigenvalue weighted by molar-refractivity contribution is 7.73. The Labute approximate surface area is 193 Å². The van der Waals surface area contributed by atoms with Crippen molar-refractivity contribution in [1.82, 2.24) is 4.68 Å². The molecule has 1 aromatic heterocycles. The molecule has 9 heteroatoms. The number of carbonyl (C=O) groups is 2. The molecule has 2 amide bonds. The molecule has 2 heterocycles. The molecule has 164 valence electrons. The summed E-state index contributed by atoms with van der Waals surface area (Å²) < 4.78 is 7.03. The number of benzene rings is 2. The highest BCUT2D eigenvalue weighted by atomic mass is 32.1. The van der Waals surface area contributed by atoms with Crippen LogP contribution in [-0.2, 0) is 9.59 Å². The molecule has 0 unspecified atom stereocenters. The van der Waals surface area contributed by atoms with Crippen LogP contribution in [0.2, 0.25) is 0 Å². The SMILES string of the molecule is Cc1ccc(C(C)C)c(OCC(=O)Nn2c(O)c(C3=c4ccccc4=NC3=O)sc2=S)c1. The van der Waals surface area contributed by atoms with E-state index in [4.69, 9.17) is 17.0 Å². The monoisotopic (exact) mass is 467 g/mol. The van der Waals surface area contributed by atoms with Gasteiger partial charge < -0.3 is 9.84 Å². The number of nitrogens with zero attached hydrogens (tertiary/aromatic N) is 2. The fraction of sp³-hybridized carbons (Fsp3) is 0.217. The summed E-state index contributed by atoms with van der Waals surface area (Å²) in [5.41, 5.74) is 4.84. The van der Waals surface area contributed by atoms with Gasteiger partial charge in [0.2, 0.25) is 5.88 Å². The molecule has 2 N–H and O–H groups in total. The summed E-state index contributed by atoms with van der Waals surface area (Å²) in [5, 5.41) is 11.9. The molecule has 0 atom stereocenters. The predicted molar refractivity (Wildman–Crippen MR) is 125 cm³/mol. The second-order valence-electron chi connectivity index (χ2n) is 7.68. The zero-order valence-electron chi connectivity index (χ0n) is 17.7. The van der Waals surface area contributed by atoms with E-state index in [0.717, 1.165) is 27.1 Å². The number of amides is 2. The minimum absolute atomic E-state index is 0.189. The first-order valence-corrected chi connectivity index (χ1v) is 11.2. The van der Waals surface area contributed by atoms with Gasteiger partial charge in [0.05, 0.1) is 10.9 Å². The van der Waals surface area contributed by atoms with Crippen LogP contribution in [0.15, 0.2) is 47.5 Å². The van der Waals surface area contributed by atoms with Gasteiger partial charge >= 0.3 is 0 Å². The number of aromatic nitrogens is 1. The lowest BCUT2D eigenvalue weighted by Gasteiger charge is -2.15. The van der Waals surface area contributed by atoms with Gasteiger partial charge in [-0.3, -0.25) is 15.0 Å². The fourth-order valence-corrected chi connectivity index (χ4v) is 4.72. The molecule has 1 aliphatic rings. The third kappa shape index (κ3) is 4.09. The maximum Gasteiger partial charge on any atom is 0.279 e. The third-order valence-corrected chi connectivity index (χ3v) is 6.39. The van der Waals surface area contributed by atoms with Gasteiger partial charge in [-0.15, -0.1) is 0 Å². The van der Waals surface area contributed by atoms with Crippen molar-refractivity contribution in [3.8, 4) is 11.6 Å². The molecule has 3 aromatic rings. The average molecular weight is 468 g/mol. The third-order valence-electron chi connectivity index (χ3n) is 5.01. The van der Waals surface area contributed by atoms with Gasteiger partial charge in [-0.1, -0.05) is 55.5 Å². The molecule has 0 fully saturated rings. The van der Waals surface area contributed by atoms with Crippen LogP contribution in [0, 0.1) is 10.9 Å². The number of aryl methyl sites for hydroxylation is 1. The van der Waals surface area contributed by atoms with E-state index in [1.807, 2.05) is 39.0 Å². The van der Waals surface area contributed by atoms with Crippen LogP contribution >= 0.6 is 23.6 Å². The Morgan fingerprint density at radius 1 is 1.28 bits per heavy atom. The molecule has 0 saturated carbocycles. The van der Waals surface area contributed by atoms with Gasteiger partial charge in [0, 0.05) is 5.22 Å². The second kappa shape index (κ2) is 8.68. The lowest BCUT2D eigenvalue weighted by Crippen LogP contribution is -2.28. The Kier molecular flexibility index (Phi) is 5.94. The molecule has 0 saturated heterocycles. The van der Waals surface area contributed by atoms with Crippen LogP contribution in [-0.4, -0.2) is 28.2 Å². The van der Waals surface area contributed by atoms with E-state index in [2.05, 4.69) is 10.4 Å². The topological polar surface area (TPSA) is 92.9 Å². The zero-order chi connectivity index (χ0) is 23.0. The summed E-state index contributed by atoms with van der Waals surface area (Å²) in [6.45, 7) is 5.79. The minimum atomic E-state index is -0.496. The molecular formula is C23H21N3O4S2. The summed E-state index contributed by atoms with van der Waals surface area (Å²) in [7, 11) is 0. The van der Waals surface area contributed by atoms with Crippen molar-refractivity contribution < 1.29 is 19.4 Å². The van der Waals surface area contributed by atoms with E-state index in [-0.39, 0.29) is 32.8 Å². The van der Waals surface area contributed by atoms with Gasteiger partial charge in [0.25, 0.3) is 11.8 Å². The van der Waals surface area contributed by atoms with E-state index in [1.54, 1.807) is 24.3 Å². The van der Waals surface area contributed by atoms with E-state index < -0.39 is 11.8 Å². The van der Waals surface area contributed by atoms with Gasteiger partial charge in [-0.25, -0.2) is 4.99 Å². The minimum Gasteiger partial charge on any atom is -0.492 e. The van der Waals surface area contributed by atoms with Crippen LogP contribution in [0.5, 0.6) is 11.6 Å². The van der Waals surface area contributed by atoms with Crippen molar-refractivity contribution in [3.05, 3.63) is 73.0 Å². The van der Waals surface area contributed by atoms with E-state index in [0.29, 0.717) is 16.3 Å². The standard InChI is InChI=1S/C23H21N3O4S2/c1-12(2)14-9-8-13(3)10-17(14)30-11-18(27)25-26-22(29)20(32-23(26)31)19-15-6-4-5-7-16(15)24-21(19)28/h4-10,12,29H,11H2,1-3H3,(H,25,27). The number of nitrogens with one attached hydrogen (secondary N) is 1. The van der Waals surface area contributed by atoms with Crippen LogP contribution in [0.1, 0.15) is 35.8 Å². The van der Waals surface area contributed by atoms with Crippen molar-refractivity contribution in [2.45, 2.75) is 26.7 Å². The van der Waals surface area contributed by atoms with Crippen molar-refractivity contribution in [2.75, 3.05) is 12.0 Å². The lowest BCUT2D eigenvalue weighted by atomic mass is 10.0. The molecule has 1 aliphatic heterocycles. The van der Waals surface area contributed by atoms with Crippen molar-refractivity contribution in [3.63, 3.8) is 0 Å². The number of carbonyl (C=O) groups excluding carboxylic acids is 2. The number of ether oxygens (including phenoxy) is 1. The maximum atomic E-state index is 12.5. The number of rotatable bonds is 6. The van der Waals surface area contributed by atoms with Gasteiger partial charge in [-0.2, -0.15) is 4.68 Å². The van der Waals surface area contributed by atoms with E-state index in [1.165, 1.54) is 0 Å². The van der Waals surface area contributed by atoms with Crippen LogP contribution in [0.3, 0.4) is 0 Å². The number of para-hydroxylation sites is 1. The Morgan fingerprint density at radius 3 is 2.78 bits per heavy atom. The summed E-state index contributed by atoms with van der Waals surface area (Å²) in [4.78, 5) is 29.3. The highest BCUT2D eigenvalue weighted by Crippen LogP contribution is 2.32. The van der Waals surface area contributed by atoms with Gasteiger partial charge in [0.15, 0.2) is 10.6 Å². The summed E-state index contributed by atoms with van der Waals surface area (Å²) in [6.07, 6.45) is 0. The lowest BCUT2D eigenvalue weighted by molar-refractivity contribution is -0.119. The molecule has 0 aliphatic carbocycles. The van der Waals surface area contributed by atoms with Crippen molar-refractivity contribution in [1.29, 1.82) is 0 Å². The van der Waals surface area contributed by atoms with Gasteiger partial charge in [0.1, 0.15) is 10.6 Å². The van der Waals surface area contributed by atoms with E-state index >= 15 is 0 Å². The predicted octanol–water partition coefficient (Wildman–Crippen LogP) is 2.92. The molecule has 0 spiro atoms. The van der Waals surface area contributed by atoms with E-state index in [9.17, 15) is 14.7 Å². The number of aromatic hydroxyl groups is 1. The first-order valence-electron chi connectivity index (χ1n) is 9.97. The first-order chi connectivity index (χ1) is 15.3. The second-order valence-corrected chi connectivity index (χ2v) is 9.33. The Bertz CT molecular complexity index is 1420. The van der Waals surface area contributed by atoms with Gasteiger partial charge in [-0.05, 0) is 48.3 Å². The molecule has 0 bridgehead atoms. The highest BCUT2D eigenvalue weighted by Gasteiger charge is 2.25. The zero-order valence-corrected chi connectivity index (χ0v) is 19.3.